The molecule has 1 aromatic rings. The van der Waals surface area contributed by atoms with Crippen molar-refractivity contribution in [3.63, 3.8) is 0 Å². The molecular formula is C24H38FN5. The average molecular weight is 416 g/mol. The van der Waals surface area contributed by atoms with E-state index in [4.69, 9.17) is 4.99 Å². The van der Waals surface area contributed by atoms with Crippen LogP contribution < -0.4 is 5.32 Å². The van der Waals surface area contributed by atoms with E-state index in [0.717, 1.165) is 70.2 Å². The van der Waals surface area contributed by atoms with E-state index in [-0.39, 0.29) is 5.82 Å². The van der Waals surface area contributed by atoms with Crippen molar-refractivity contribution in [2.75, 3.05) is 52.4 Å². The molecule has 0 aromatic heterocycles. The number of hydrogen-bond donors (Lipinski definition) is 1. The van der Waals surface area contributed by atoms with Crippen LogP contribution in [0.4, 0.5) is 4.39 Å². The molecule has 1 aromatic carbocycles. The second-order valence-corrected chi connectivity index (χ2v) is 9.14. The van der Waals surface area contributed by atoms with Crippen LogP contribution in [-0.4, -0.2) is 79.1 Å². The fourth-order valence-electron chi connectivity index (χ4n) is 5.18. The molecule has 6 heteroatoms. The van der Waals surface area contributed by atoms with E-state index in [1.54, 1.807) is 12.1 Å². The van der Waals surface area contributed by atoms with Crippen molar-refractivity contribution in [2.45, 2.75) is 51.6 Å². The largest absolute Gasteiger partial charge is 0.357 e. The standard InChI is InChI=1S/C24H38FN5/c1-2-26-24(30-16-11-22(19-30)29-12-5-6-13-29)27-17-20-9-14-28(15-10-20)18-21-7-3-4-8-23(21)25/h3-4,7-8,20,22H,2,5-6,9-19H2,1H3,(H,26,27). The number of nitrogens with one attached hydrogen (secondary N) is 1. The minimum atomic E-state index is -0.0858. The molecule has 3 aliphatic rings. The lowest BCUT2D eigenvalue weighted by atomic mass is 9.96. The number of halogens is 1. The highest BCUT2D eigenvalue weighted by Gasteiger charge is 2.31. The van der Waals surface area contributed by atoms with Crippen molar-refractivity contribution in [1.82, 2.24) is 20.0 Å². The number of nitrogens with zero attached hydrogens (tertiary/aromatic N) is 4. The molecule has 0 amide bonds. The second kappa shape index (κ2) is 10.6. The van der Waals surface area contributed by atoms with Crippen LogP contribution >= 0.6 is 0 Å². The van der Waals surface area contributed by atoms with Crippen LogP contribution in [0.2, 0.25) is 0 Å². The highest BCUT2D eigenvalue weighted by atomic mass is 19.1. The number of benzene rings is 1. The molecule has 30 heavy (non-hydrogen) atoms. The van der Waals surface area contributed by atoms with Gasteiger partial charge in [-0.2, -0.15) is 0 Å². The Morgan fingerprint density at radius 2 is 1.83 bits per heavy atom. The maximum absolute atomic E-state index is 13.9. The van der Waals surface area contributed by atoms with E-state index in [2.05, 4.69) is 26.9 Å². The normalized spacial score (nSPS) is 24.7. The number of piperidine rings is 1. The summed E-state index contributed by atoms with van der Waals surface area (Å²) in [5.74, 6) is 1.65. The summed E-state index contributed by atoms with van der Waals surface area (Å²) < 4.78 is 13.9. The molecule has 1 atom stereocenters. The van der Waals surface area contributed by atoms with Gasteiger partial charge in [-0.05, 0) is 77.2 Å². The molecular weight excluding hydrogens is 377 g/mol. The smallest absolute Gasteiger partial charge is 0.193 e. The van der Waals surface area contributed by atoms with E-state index in [1.807, 2.05) is 12.1 Å². The number of likely N-dealkylation sites (tertiary alicyclic amines) is 3. The van der Waals surface area contributed by atoms with Gasteiger partial charge in [0.25, 0.3) is 0 Å². The first-order valence-electron chi connectivity index (χ1n) is 12.0. The summed E-state index contributed by atoms with van der Waals surface area (Å²) in [6.07, 6.45) is 6.28. The Morgan fingerprint density at radius 3 is 2.57 bits per heavy atom. The van der Waals surface area contributed by atoms with Gasteiger partial charge in [0, 0.05) is 44.3 Å². The van der Waals surface area contributed by atoms with Gasteiger partial charge in [0.1, 0.15) is 5.82 Å². The predicted molar refractivity (Wildman–Crippen MR) is 121 cm³/mol. The molecule has 3 fully saturated rings. The zero-order valence-corrected chi connectivity index (χ0v) is 18.5. The third-order valence-corrected chi connectivity index (χ3v) is 7.01. The van der Waals surface area contributed by atoms with Crippen LogP contribution in [0.1, 0.15) is 44.6 Å². The Morgan fingerprint density at radius 1 is 1.07 bits per heavy atom. The molecule has 0 radical (unpaired) electrons. The van der Waals surface area contributed by atoms with E-state index < -0.39 is 0 Å². The Balaban J connectivity index is 1.25. The first-order chi connectivity index (χ1) is 14.7. The molecule has 1 unspecified atom stereocenters. The summed E-state index contributed by atoms with van der Waals surface area (Å²) in [5, 5.41) is 3.53. The van der Waals surface area contributed by atoms with Crippen LogP contribution in [0.3, 0.4) is 0 Å². The van der Waals surface area contributed by atoms with Gasteiger partial charge in [0.05, 0.1) is 0 Å². The lowest BCUT2D eigenvalue weighted by Gasteiger charge is -2.32. The Bertz CT molecular complexity index is 695. The monoisotopic (exact) mass is 415 g/mol. The molecule has 3 heterocycles. The average Bonchev–Trinajstić information content (AvgIpc) is 3.46. The summed E-state index contributed by atoms with van der Waals surface area (Å²) >= 11 is 0. The maximum atomic E-state index is 13.9. The Kier molecular flexibility index (Phi) is 7.61. The van der Waals surface area contributed by atoms with Crippen LogP contribution in [-0.2, 0) is 6.54 Å². The van der Waals surface area contributed by atoms with Gasteiger partial charge in [-0.1, -0.05) is 18.2 Å². The lowest BCUT2D eigenvalue weighted by molar-refractivity contribution is 0.178. The van der Waals surface area contributed by atoms with Crippen LogP contribution in [0, 0.1) is 11.7 Å². The van der Waals surface area contributed by atoms with E-state index >= 15 is 0 Å². The van der Waals surface area contributed by atoms with Crippen LogP contribution in [0.25, 0.3) is 0 Å². The summed E-state index contributed by atoms with van der Waals surface area (Å²) in [5.41, 5.74) is 0.810. The van der Waals surface area contributed by atoms with Crippen molar-refractivity contribution >= 4 is 5.96 Å². The molecule has 3 aliphatic heterocycles. The first kappa shape index (κ1) is 21.6. The third kappa shape index (κ3) is 5.52. The van der Waals surface area contributed by atoms with E-state index in [1.165, 1.54) is 32.4 Å². The number of guanidine groups is 1. The Labute approximate surface area is 181 Å². The molecule has 0 spiro atoms. The highest BCUT2D eigenvalue weighted by Crippen LogP contribution is 2.22. The van der Waals surface area contributed by atoms with Crippen molar-refractivity contribution in [1.29, 1.82) is 0 Å². The van der Waals surface area contributed by atoms with Gasteiger partial charge in [-0.3, -0.25) is 14.8 Å². The van der Waals surface area contributed by atoms with Crippen molar-refractivity contribution < 1.29 is 4.39 Å². The number of aliphatic imine (C=N–C) groups is 1. The van der Waals surface area contributed by atoms with Gasteiger partial charge < -0.3 is 10.2 Å². The molecule has 166 valence electrons. The maximum Gasteiger partial charge on any atom is 0.193 e. The van der Waals surface area contributed by atoms with Crippen LogP contribution in [0.15, 0.2) is 29.3 Å². The zero-order valence-electron chi connectivity index (χ0n) is 18.5. The van der Waals surface area contributed by atoms with Crippen molar-refractivity contribution in [2.24, 2.45) is 10.9 Å². The second-order valence-electron chi connectivity index (χ2n) is 9.14. The SMILES string of the molecule is CCNC(=NCC1CCN(Cc2ccccc2F)CC1)N1CCC(N2CCCC2)C1. The minimum Gasteiger partial charge on any atom is -0.357 e. The zero-order chi connectivity index (χ0) is 20.8. The van der Waals surface area contributed by atoms with E-state index in [9.17, 15) is 4.39 Å². The summed E-state index contributed by atoms with van der Waals surface area (Å²) in [6, 6.07) is 7.86. The molecule has 5 nitrogen and oxygen atoms in total. The van der Waals surface area contributed by atoms with Gasteiger partial charge in [-0.15, -0.1) is 0 Å². The van der Waals surface area contributed by atoms with Gasteiger partial charge >= 0.3 is 0 Å². The lowest BCUT2D eigenvalue weighted by Crippen LogP contribution is -2.43. The number of hydrogen-bond acceptors (Lipinski definition) is 3. The quantitative estimate of drug-likeness (QED) is 0.572. The van der Waals surface area contributed by atoms with Crippen LogP contribution in [0.5, 0.6) is 0 Å². The fourth-order valence-corrected chi connectivity index (χ4v) is 5.18. The Hall–Kier alpha value is -1.66. The molecule has 0 saturated carbocycles. The minimum absolute atomic E-state index is 0.0858. The molecule has 1 N–H and O–H groups in total. The molecule has 3 saturated heterocycles. The topological polar surface area (TPSA) is 34.1 Å². The predicted octanol–water partition coefficient (Wildman–Crippen LogP) is 3.17. The summed E-state index contributed by atoms with van der Waals surface area (Å²) in [7, 11) is 0. The van der Waals surface area contributed by atoms with Gasteiger partial charge in [0.15, 0.2) is 5.96 Å². The first-order valence-corrected chi connectivity index (χ1v) is 12.0. The molecule has 4 rings (SSSR count). The van der Waals surface area contributed by atoms with Gasteiger partial charge in [-0.25, -0.2) is 4.39 Å². The highest BCUT2D eigenvalue weighted by molar-refractivity contribution is 5.80. The summed E-state index contributed by atoms with van der Waals surface area (Å²) in [4.78, 5) is 12.6. The van der Waals surface area contributed by atoms with Crippen molar-refractivity contribution in [3.8, 4) is 0 Å². The fraction of sp³-hybridized carbons (Fsp3) is 0.708. The summed E-state index contributed by atoms with van der Waals surface area (Å²) in [6.45, 7) is 11.6. The number of rotatable bonds is 6. The van der Waals surface area contributed by atoms with Crippen molar-refractivity contribution in [3.05, 3.63) is 35.6 Å². The molecule has 0 aliphatic carbocycles. The molecule has 0 bridgehead atoms. The van der Waals surface area contributed by atoms with E-state index in [0.29, 0.717) is 12.0 Å². The third-order valence-electron chi connectivity index (χ3n) is 7.01. The van der Waals surface area contributed by atoms with Gasteiger partial charge in [0.2, 0.25) is 0 Å².